The van der Waals surface area contributed by atoms with Gasteiger partial charge in [-0.2, -0.15) is 5.26 Å². The van der Waals surface area contributed by atoms with Gasteiger partial charge in [0.05, 0.1) is 6.07 Å². The first-order valence-corrected chi connectivity index (χ1v) is 3.85. The third-order valence-corrected chi connectivity index (χ3v) is 1.58. The molecule has 0 aliphatic heterocycles. The number of carbonyl (C=O) groups is 2. The number of nitrogens with one attached hydrogen (secondary N) is 1. The maximum atomic E-state index is 11.2. The Labute approximate surface area is 81.2 Å². The van der Waals surface area contributed by atoms with Gasteiger partial charge in [-0.25, -0.2) is 0 Å². The van der Waals surface area contributed by atoms with Crippen LogP contribution in [0.4, 0.5) is 0 Å². The summed E-state index contributed by atoms with van der Waals surface area (Å²) in [5.41, 5.74) is 0.910. The van der Waals surface area contributed by atoms with E-state index in [1.54, 1.807) is 6.07 Å². The molecule has 4 heteroatoms. The van der Waals surface area contributed by atoms with Crippen molar-refractivity contribution in [3.8, 4) is 6.07 Å². The van der Waals surface area contributed by atoms with Crippen molar-refractivity contribution in [2.24, 2.45) is 0 Å². The zero-order valence-electron chi connectivity index (χ0n) is 7.23. The fraction of sp³-hybridized carbons (Fsp3) is 0. The second-order valence-electron chi connectivity index (χ2n) is 2.49. The van der Waals surface area contributed by atoms with Gasteiger partial charge in [0, 0.05) is 11.1 Å². The van der Waals surface area contributed by atoms with E-state index in [1.165, 1.54) is 24.3 Å². The average molecular weight is 187 g/mol. The van der Waals surface area contributed by atoms with Crippen LogP contribution < -0.4 is 5.32 Å². The maximum absolute atomic E-state index is 11.2. The lowest BCUT2D eigenvalue weighted by Crippen LogP contribution is -2.19. The highest BCUT2D eigenvalue weighted by atomic mass is 16.1. The number of hydrogen-bond donors (Lipinski definition) is 1. The summed E-state index contributed by atoms with van der Waals surface area (Å²) in [6.45, 7) is 0.996. The zero-order chi connectivity index (χ0) is 10.4. The van der Waals surface area contributed by atoms with Gasteiger partial charge in [0.15, 0.2) is 6.54 Å². The molecule has 0 aliphatic carbocycles. The molecular formula is C10H7N2O2. The molecule has 4 nitrogen and oxygen atoms in total. The average Bonchev–Trinajstić information content (AvgIpc) is 2.26. The van der Waals surface area contributed by atoms with Crippen molar-refractivity contribution in [1.29, 1.82) is 5.26 Å². The molecule has 0 saturated carbocycles. The second-order valence-corrected chi connectivity index (χ2v) is 2.49. The summed E-state index contributed by atoms with van der Waals surface area (Å²) in [5.74, 6) is -0.371. The highest BCUT2D eigenvalue weighted by Gasteiger charge is 2.03. The van der Waals surface area contributed by atoms with Gasteiger partial charge in [0.2, 0.25) is 0 Å². The Kier molecular flexibility index (Phi) is 3.39. The van der Waals surface area contributed by atoms with Crippen LogP contribution >= 0.6 is 0 Å². The Morgan fingerprint density at radius 1 is 1.36 bits per heavy atom. The van der Waals surface area contributed by atoms with Crippen molar-refractivity contribution in [1.82, 2.24) is 5.32 Å². The molecule has 1 amide bonds. The molecule has 1 N–H and O–H groups in total. The van der Waals surface area contributed by atoms with Crippen molar-refractivity contribution in [3.05, 3.63) is 41.9 Å². The van der Waals surface area contributed by atoms with Crippen LogP contribution in [0.15, 0.2) is 24.3 Å². The molecule has 1 aromatic carbocycles. The smallest absolute Gasteiger partial charge is 0.252 e. The normalized spacial score (nSPS) is 8.79. The highest BCUT2D eigenvalue weighted by Crippen LogP contribution is 2.02. The lowest BCUT2D eigenvalue weighted by atomic mass is 10.1. The quantitative estimate of drug-likeness (QED) is 0.715. The number of rotatable bonds is 3. The molecule has 1 radical (unpaired) electrons. The van der Waals surface area contributed by atoms with Crippen molar-refractivity contribution in [2.75, 3.05) is 0 Å². The van der Waals surface area contributed by atoms with E-state index in [-0.39, 0.29) is 5.91 Å². The predicted octanol–water partition coefficient (Wildman–Crippen LogP) is 0.914. The number of carbonyl (C=O) groups excluding carboxylic acids is 2. The van der Waals surface area contributed by atoms with E-state index in [4.69, 9.17) is 5.26 Å². The summed E-state index contributed by atoms with van der Waals surface area (Å²) in [4.78, 5) is 21.5. The number of hydrogen-bond acceptors (Lipinski definition) is 3. The van der Waals surface area contributed by atoms with E-state index in [9.17, 15) is 9.59 Å². The number of nitriles is 1. The zero-order valence-corrected chi connectivity index (χ0v) is 7.23. The molecule has 1 rings (SSSR count). The molecule has 0 heterocycles. The monoisotopic (exact) mass is 187 g/mol. The van der Waals surface area contributed by atoms with E-state index in [1.807, 2.05) is 0 Å². The summed E-state index contributed by atoms with van der Waals surface area (Å²) < 4.78 is 0. The van der Waals surface area contributed by atoms with Crippen molar-refractivity contribution < 1.29 is 9.59 Å². The van der Waals surface area contributed by atoms with Crippen LogP contribution in [-0.2, 0) is 0 Å². The molecule has 0 aliphatic rings. The van der Waals surface area contributed by atoms with Gasteiger partial charge in [0.1, 0.15) is 6.29 Å². The first-order chi connectivity index (χ1) is 6.77. The van der Waals surface area contributed by atoms with E-state index in [0.717, 1.165) is 6.54 Å². The topological polar surface area (TPSA) is 70.0 Å². The molecule has 69 valence electrons. The van der Waals surface area contributed by atoms with Gasteiger partial charge in [-0.3, -0.25) is 9.59 Å². The summed E-state index contributed by atoms with van der Waals surface area (Å²) >= 11 is 0. The second kappa shape index (κ2) is 4.77. The predicted molar refractivity (Wildman–Crippen MR) is 49.2 cm³/mol. The van der Waals surface area contributed by atoms with Gasteiger partial charge in [-0.05, 0) is 12.1 Å². The van der Waals surface area contributed by atoms with Gasteiger partial charge in [0.25, 0.3) is 5.91 Å². The summed E-state index contributed by atoms with van der Waals surface area (Å²) in [6, 6.07) is 7.79. The molecule has 0 unspecified atom stereocenters. The highest BCUT2D eigenvalue weighted by molar-refractivity contribution is 5.95. The lowest BCUT2D eigenvalue weighted by Gasteiger charge is -1.99. The third kappa shape index (κ3) is 2.42. The van der Waals surface area contributed by atoms with Crippen molar-refractivity contribution in [3.63, 3.8) is 0 Å². The number of nitrogens with zero attached hydrogens (tertiary/aromatic N) is 1. The molecule has 14 heavy (non-hydrogen) atoms. The largest absolute Gasteiger partial charge is 0.334 e. The Morgan fingerprint density at radius 3 is 2.50 bits per heavy atom. The summed E-state index contributed by atoms with van der Waals surface area (Å²) in [6.07, 6.45) is 0.698. The van der Waals surface area contributed by atoms with Gasteiger partial charge in [-0.15, -0.1) is 0 Å². The number of benzene rings is 1. The van der Waals surface area contributed by atoms with E-state index in [2.05, 4.69) is 5.32 Å². The van der Waals surface area contributed by atoms with E-state index in [0.29, 0.717) is 17.4 Å². The first kappa shape index (κ1) is 9.93. The molecular weight excluding hydrogens is 180 g/mol. The fourth-order valence-corrected chi connectivity index (χ4v) is 0.894. The van der Waals surface area contributed by atoms with Crippen molar-refractivity contribution >= 4 is 12.2 Å². The van der Waals surface area contributed by atoms with Gasteiger partial charge >= 0.3 is 0 Å². The standard InChI is InChI=1S/C10H7N2O2/c11-5-6-12-10(14)9-3-1-8(7-13)2-4-9/h1-4,6-7H,(H,12,14). The van der Waals surface area contributed by atoms with Crippen LogP contribution in [0, 0.1) is 17.9 Å². The van der Waals surface area contributed by atoms with Crippen LogP contribution in [0.5, 0.6) is 0 Å². The number of amides is 1. The van der Waals surface area contributed by atoms with Gasteiger partial charge < -0.3 is 5.32 Å². The minimum absolute atomic E-state index is 0.371. The molecule has 0 aromatic heterocycles. The van der Waals surface area contributed by atoms with Crippen molar-refractivity contribution in [2.45, 2.75) is 0 Å². The van der Waals surface area contributed by atoms with Crippen LogP contribution in [0.3, 0.4) is 0 Å². The first-order valence-electron chi connectivity index (χ1n) is 3.85. The summed E-state index contributed by atoms with van der Waals surface area (Å²) in [5, 5.41) is 10.5. The fourth-order valence-electron chi connectivity index (χ4n) is 0.894. The van der Waals surface area contributed by atoms with Crippen LogP contribution in [-0.4, -0.2) is 12.2 Å². The lowest BCUT2D eigenvalue weighted by molar-refractivity contribution is 0.0965. The Morgan fingerprint density at radius 2 is 2.00 bits per heavy atom. The summed E-state index contributed by atoms with van der Waals surface area (Å²) in [7, 11) is 0. The van der Waals surface area contributed by atoms with Crippen LogP contribution in [0.25, 0.3) is 0 Å². The number of aldehydes is 1. The molecule has 0 saturated heterocycles. The minimum Gasteiger partial charge on any atom is -0.334 e. The molecule has 0 bridgehead atoms. The Bertz CT molecular complexity index is 376. The SMILES string of the molecule is N#C[CH]NC(=O)c1ccc(C=O)cc1. The van der Waals surface area contributed by atoms with E-state index >= 15 is 0 Å². The molecule has 1 aromatic rings. The molecule has 0 fully saturated rings. The molecule has 0 atom stereocenters. The van der Waals surface area contributed by atoms with Crippen LogP contribution in [0.2, 0.25) is 0 Å². The maximum Gasteiger partial charge on any atom is 0.252 e. The van der Waals surface area contributed by atoms with E-state index < -0.39 is 0 Å². The third-order valence-electron chi connectivity index (χ3n) is 1.58. The molecule has 0 spiro atoms. The minimum atomic E-state index is -0.371. The Hall–Kier alpha value is -2.15. The van der Waals surface area contributed by atoms with Gasteiger partial charge in [-0.1, -0.05) is 12.1 Å². The Balaban J connectivity index is 2.72. The van der Waals surface area contributed by atoms with Crippen LogP contribution in [0.1, 0.15) is 20.7 Å².